The Morgan fingerprint density at radius 1 is 1.22 bits per heavy atom. The molecule has 2 aromatic carbocycles. The van der Waals surface area contributed by atoms with Crippen LogP contribution in [0.25, 0.3) is 33.5 Å². The maximum absolute atomic E-state index is 13.5. The molecule has 2 aromatic heterocycles. The summed E-state index contributed by atoms with van der Waals surface area (Å²) in [7, 11) is 2.14. The Morgan fingerprint density at radius 3 is 2.88 bits per heavy atom. The number of halogens is 1. The van der Waals surface area contributed by atoms with Crippen molar-refractivity contribution in [1.29, 1.82) is 0 Å². The van der Waals surface area contributed by atoms with Gasteiger partial charge in [-0.25, -0.2) is 9.37 Å². The molecule has 32 heavy (non-hydrogen) atoms. The van der Waals surface area contributed by atoms with E-state index in [-0.39, 0.29) is 11.9 Å². The highest BCUT2D eigenvalue weighted by molar-refractivity contribution is 5.93. The molecule has 168 valence electrons. The van der Waals surface area contributed by atoms with Crippen LogP contribution in [0.3, 0.4) is 0 Å². The Labute approximate surface area is 186 Å². The van der Waals surface area contributed by atoms with Gasteiger partial charge in [0.2, 0.25) is 0 Å². The number of benzene rings is 2. The van der Waals surface area contributed by atoms with E-state index in [9.17, 15) is 4.39 Å². The lowest BCUT2D eigenvalue weighted by molar-refractivity contribution is 0.000769. The number of nitrogens with one attached hydrogen (secondary N) is 2. The molecule has 1 fully saturated rings. The molecule has 0 amide bonds. The Balaban J connectivity index is 1.43. The first-order valence-corrected chi connectivity index (χ1v) is 11.1. The van der Waals surface area contributed by atoms with Gasteiger partial charge in [0.25, 0.3) is 0 Å². The van der Waals surface area contributed by atoms with Crippen LogP contribution >= 0.6 is 0 Å². The molecule has 3 heterocycles. The Morgan fingerprint density at radius 2 is 2.06 bits per heavy atom. The molecule has 1 aliphatic heterocycles. The molecule has 8 heteroatoms. The van der Waals surface area contributed by atoms with E-state index in [1.165, 1.54) is 12.1 Å². The van der Waals surface area contributed by atoms with Gasteiger partial charge < -0.3 is 19.5 Å². The molecule has 0 spiro atoms. The summed E-state index contributed by atoms with van der Waals surface area (Å²) < 4.78 is 19.6. The van der Waals surface area contributed by atoms with Gasteiger partial charge >= 0.3 is 0 Å². The van der Waals surface area contributed by atoms with Crippen molar-refractivity contribution in [2.75, 3.05) is 31.6 Å². The van der Waals surface area contributed by atoms with Crippen LogP contribution in [0, 0.1) is 5.82 Å². The summed E-state index contributed by atoms with van der Waals surface area (Å²) in [6.45, 7) is 9.06. The van der Waals surface area contributed by atoms with E-state index >= 15 is 0 Å². The van der Waals surface area contributed by atoms with E-state index in [1.54, 1.807) is 6.07 Å². The second-order valence-electron chi connectivity index (χ2n) is 9.04. The first kappa shape index (κ1) is 20.9. The lowest BCUT2D eigenvalue weighted by Gasteiger charge is -2.41. The zero-order chi connectivity index (χ0) is 22.4. The molecule has 2 atom stereocenters. The Bertz CT molecular complexity index is 1250. The Kier molecular flexibility index (Phi) is 5.35. The number of nitrogens with zero attached hydrogens (tertiary/aromatic N) is 4. The fourth-order valence-corrected chi connectivity index (χ4v) is 4.28. The third-order valence-corrected chi connectivity index (χ3v) is 6.42. The number of likely N-dealkylation sites (N-methyl/N-ethyl adjacent to an activating group) is 1. The van der Waals surface area contributed by atoms with Crippen molar-refractivity contribution in [1.82, 2.24) is 25.1 Å². The number of fused-ring (bicyclic) bond motifs is 2. The second-order valence-corrected chi connectivity index (χ2v) is 9.04. The predicted molar refractivity (Wildman–Crippen MR) is 125 cm³/mol. The summed E-state index contributed by atoms with van der Waals surface area (Å²) >= 11 is 0. The minimum absolute atomic E-state index is 0.169. The van der Waals surface area contributed by atoms with E-state index in [1.807, 2.05) is 6.07 Å². The number of rotatable bonds is 5. The zero-order valence-electron chi connectivity index (χ0n) is 18.9. The summed E-state index contributed by atoms with van der Waals surface area (Å²) in [6.07, 6.45) is 0.169. The fourth-order valence-electron chi connectivity index (χ4n) is 4.28. The normalized spacial score (nSPS) is 19.7. The average molecular weight is 437 g/mol. The van der Waals surface area contributed by atoms with E-state index in [2.05, 4.69) is 64.9 Å². The van der Waals surface area contributed by atoms with Gasteiger partial charge in [-0.3, -0.25) is 5.10 Å². The van der Waals surface area contributed by atoms with Gasteiger partial charge in [-0.05, 0) is 64.2 Å². The SMILES string of the molecule is CC(C)N(C)CC1CN(c2ccc3nc(-c4n[nH]c5cc(F)ccc45)[nH]c3c2)C(C)CO1. The van der Waals surface area contributed by atoms with Crippen LogP contribution in [0.5, 0.6) is 0 Å². The number of hydrogen-bond acceptors (Lipinski definition) is 5. The quantitative estimate of drug-likeness (QED) is 0.491. The highest BCUT2D eigenvalue weighted by atomic mass is 19.1. The van der Waals surface area contributed by atoms with Gasteiger partial charge in [-0.1, -0.05) is 0 Å². The van der Waals surface area contributed by atoms with Crippen molar-refractivity contribution >= 4 is 27.6 Å². The molecule has 0 radical (unpaired) electrons. The van der Waals surface area contributed by atoms with Crippen LogP contribution in [0.2, 0.25) is 0 Å². The van der Waals surface area contributed by atoms with Crippen LogP contribution in [0.4, 0.5) is 10.1 Å². The van der Waals surface area contributed by atoms with Crippen LogP contribution in [-0.4, -0.2) is 70.0 Å². The van der Waals surface area contributed by atoms with E-state index in [4.69, 9.17) is 9.72 Å². The summed E-state index contributed by atoms with van der Waals surface area (Å²) in [6, 6.07) is 11.7. The van der Waals surface area contributed by atoms with Gasteiger partial charge in [0.1, 0.15) is 11.5 Å². The third kappa shape index (κ3) is 3.84. The number of ether oxygens (including phenoxy) is 1. The molecule has 0 saturated carbocycles. The maximum Gasteiger partial charge on any atom is 0.159 e. The first-order valence-electron chi connectivity index (χ1n) is 11.1. The monoisotopic (exact) mass is 436 g/mol. The number of anilines is 1. The molecule has 0 aliphatic carbocycles. The highest BCUT2D eigenvalue weighted by Crippen LogP contribution is 2.30. The first-order chi connectivity index (χ1) is 15.4. The minimum Gasteiger partial charge on any atom is -0.373 e. The van der Waals surface area contributed by atoms with Crippen molar-refractivity contribution in [3.05, 3.63) is 42.2 Å². The molecular weight excluding hydrogens is 407 g/mol. The van der Waals surface area contributed by atoms with Crippen molar-refractivity contribution in [3.8, 4) is 11.5 Å². The number of imidazole rings is 1. The van der Waals surface area contributed by atoms with Crippen LogP contribution < -0.4 is 4.90 Å². The molecule has 0 bridgehead atoms. The number of hydrogen-bond donors (Lipinski definition) is 2. The number of H-pyrrole nitrogens is 2. The number of aromatic amines is 2. The molecule has 4 aromatic rings. The largest absolute Gasteiger partial charge is 0.373 e. The van der Waals surface area contributed by atoms with E-state index < -0.39 is 0 Å². The lowest BCUT2D eigenvalue weighted by Crippen LogP contribution is -2.52. The average Bonchev–Trinajstić information content (AvgIpc) is 3.37. The highest BCUT2D eigenvalue weighted by Gasteiger charge is 2.28. The van der Waals surface area contributed by atoms with Gasteiger partial charge in [0, 0.05) is 36.2 Å². The second kappa shape index (κ2) is 8.18. The third-order valence-electron chi connectivity index (χ3n) is 6.42. The van der Waals surface area contributed by atoms with Crippen LogP contribution in [0.1, 0.15) is 20.8 Å². The van der Waals surface area contributed by atoms with Crippen molar-refractivity contribution < 1.29 is 9.13 Å². The summed E-state index contributed by atoms with van der Waals surface area (Å²) in [5.41, 5.74) is 4.31. The van der Waals surface area contributed by atoms with E-state index in [0.717, 1.165) is 35.2 Å². The van der Waals surface area contributed by atoms with Crippen molar-refractivity contribution in [2.24, 2.45) is 0 Å². The van der Waals surface area contributed by atoms with Crippen molar-refractivity contribution in [2.45, 2.75) is 39.0 Å². The standard InChI is InChI=1S/C24H29FN6O/c1-14(2)30(4)11-18-12-31(15(3)13-32-18)17-6-8-20-22(10-17)27-24(26-20)23-19-7-5-16(25)9-21(19)28-29-23/h5-10,14-15,18H,11-13H2,1-4H3,(H,26,27)(H,28,29). The van der Waals surface area contributed by atoms with Gasteiger partial charge in [0.05, 0.1) is 29.3 Å². The van der Waals surface area contributed by atoms with E-state index in [0.29, 0.717) is 35.7 Å². The minimum atomic E-state index is -0.292. The lowest BCUT2D eigenvalue weighted by atomic mass is 10.1. The maximum atomic E-state index is 13.5. The summed E-state index contributed by atoms with van der Waals surface area (Å²) in [4.78, 5) is 12.9. The molecule has 2 N–H and O–H groups in total. The molecule has 1 saturated heterocycles. The van der Waals surface area contributed by atoms with Gasteiger partial charge in [0.15, 0.2) is 5.82 Å². The van der Waals surface area contributed by atoms with Crippen LogP contribution in [0.15, 0.2) is 36.4 Å². The topological polar surface area (TPSA) is 73.1 Å². The van der Waals surface area contributed by atoms with Crippen LogP contribution in [-0.2, 0) is 4.74 Å². The molecule has 2 unspecified atom stereocenters. The van der Waals surface area contributed by atoms with Gasteiger partial charge in [-0.15, -0.1) is 0 Å². The summed E-state index contributed by atoms with van der Waals surface area (Å²) in [5.74, 6) is 0.376. The smallest absolute Gasteiger partial charge is 0.159 e. The fraction of sp³-hybridized carbons (Fsp3) is 0.417. The number of aromatic nitrogens is 4. The molecule has 1 aliphatic rings. The van der Waals surface area contributed by atoms with Crippen molar-refractivity contribution in [3.63, 3.8) is 0 Å². The number of morpholine rings is 1. The molecule has 5 rings (SSSR count). The van der Waals surface area contributed by atoms with Gasteiger partial charge in [-0.2, -0.15) is 5.10 Å². The Hall–Kier alpha value is -2.97. The predicted octanol–water partition coefficient (Wildman–Crippen LogP) is 4.18. The zero-order valence-corrected chi connectivity index (χ0v) is 18.9. The molecule has 7 nitrogen and oxygen atoms in total. The summed E-state index contributed by atoms with van der Waals surface area (Å²) in [5, 5.41) is 8.09. The molecular formula is C24H29FN6O.